The highest BCUT2D eigenvalue weighted by molar-refractivity contribution is 5.69. The molecular formula is C24H28N4O2. The highest BCUT2D eigenvalue weighted by atomic mass is 16.5. The Balaban J connectivity index is 1.57. The van der Waals surface area contributed by atoms with Crippen molar-refractivity contribution in [3.8, 4) is 17.0 Å². The van der Waals surface area contributed by atoms with Gasteiger partial charge in [0.2, 0.25) is 5.88 Å². The summed E-state index contributed by atoms with van der Waals surface area (Å²) in [7, 11) is 0. The van der Waals surface area contributed by atoms with Crippen LogP contribution in [-0.2, 0) is 0 Å². The molecule has 0 amide bonds. The van der Waals surface area contributed by atoms with Crippen molar-refractivity contribution in [3.05, 3.63) is 69.8 Å². The smallest absolute Gasteiger partial charge is 0.250 e. The van der Waals surface area contributed by atoms with Crippen LogP contribution in [0.5, 0.6) is 5.88 Å². The van der Waals surface area contributed by atoms with Gasteiger partial charge in [0.05, 0.1) is 12.2 Å². The molecule has 0 bridgehead atoms. The maximum Gasteiger partial charge on any atom is 0.250 e. The average molecular weight is 405 g/mol. The van der Waals surface area contributed by atoms with Gasteiger partial charge in [0.1, 0.15) is 5.82 Å². The summed E-state index contributed by atoms with van der Waals surface area (Å²) in [6.45, 7) is 10.5. The van der Waals surface area contributed by atoms with Gasteiger partial charge in [-0.05, 0) is 58.7 Å². The molecule has 1 aliphatic carbocycles. The van der Waals surface area contributed by atoms with Crippen LogP contribution in [0.4, 0.5) is 0 Å². The second-order valence-electron chi connectivity index (χ2n) is 8.44. The lowest BCUT2D eigenvalue weighted by Gasteiger charge is -2.18. The molecule has 0 aromatic carbocycles. The first kappa shape index (κ1) is 20.3. The highest BCUT2D eigenvalue weighted by Gasteiger charge is 2.40. The normalized spacial score (nSPS) is 17.9. The number of ether oxygens (including phenoxy) is 1. The van der Waals surface area contributed by atoms with Crippen LogP contribution in [0.3, 0.4) is 0 Å². The maximum absolute atomic E-state index is 12.3. The second-order valence-corrected chi connectivity index (χ2v) is 8.44. The van der Waals surface area contributed by atoms with Gasteiger partial charge in [0.25, 0.3) is 5.56 Å². The minimum atomic E-state index is -0.00633. The van der Waals surface area contributed by atoms with E-state index in [2.05, 4.69) is 27.1 Å². The van der Waals surface area contributed by atoms with Gasteiger partial charge < -0.3 is 9.30 Å². The molecule has 1 aliphatic rings. The maximum atomic E-state index is 12.3. The van der Waals surface area contributed by atoms with E-state index in [9.17, 15) is 4.79 Å². The second kappa shape index (κ2) is 8.01. The number of aryl methyl sites for hydroxylation is 2. The van der Waals surface area contributed by atoms with Crippen LogP contribution in [0.15, 0.2) is 41.5 Å². The molecular weight excluding hydrogens is 376 g/mol. The Labute approximate surface area is 177 Å². The van der Waals surface area contributed by atoms with Crippen molar-refractivity contribution in [1.82, 2.24) is 19.5 Å². The van der Waals surface area contributed by atoms with Crippen molar-refractivity contribution in [1.29, 1.82) is 0 Å². The van der Waals surface area contributed by atoms with Crippen molar-refractivity contribution >= 4 is 0 Å². The lowest BCUT2D eigenvalue weighted by atomic mass is 10.1. The van der Waals surface area contributed by atoms with Gasteiger partial charge in [0, 0.05) is 53.3 Å². The van der Waals surface area contributed by atoms with Crippen LogP contribution in [0.25, 0.3) is 11.1 Å². The van der Waals surface area contributed by atoms with E-state index < -0.39 is 0 Å². The molecule has 0 spiro atoms. The summed E-state index contributed by atoms with van der Waals surface area (Å²) >= 11 is 0. The van der Waals surface area contributed by atoms with Crippen molar-refractivity contribution in [3.63, 3.8) is 0 Å². The van der Waals surface area contributed by atoms with Crippen LogP contribution in [0.2, 0.25) is 0 Å². The Morgan fingerprint density at radius 1 is 1.07 bits per heavy atom. The fourth-order valence-electron chi connectivity index (χ4n) is 4.00. The summed E-state index contributed by atoms with van der Waals surface area (Å²) in [6.07, 6.45) is 4.79. The summed E-state index contributed by atoms with van der Waals surface area (Å²) in [5.74, 6) is 2.12. The van der Waals surface area contributed by atoms with E-state index in [1.807, 2.05) is 46.9 Å². The number of hydrogen-bond acceptors (Lipinski definition) is 5. The van der Waals surface area contributed by atoms with Gasteiger partial charge in [-0.1, -0.05) is 6.07 Å². The monoisotopic (exact) mass is 404 g/mol. The SMILES string of the molecule is Cc1ccc([C@@H]2CC2COc2nc(C)ncc2-c2ccc(=O)n(C(C)C)c2C)nc1. The summed E-state index contributed by atoms with van der Waals surface area (Å²) in [6, 6.07) is 7.73. The predicted octanol–water partition coefficient (Wildman–Crippen LogP) is 4.39. The minimum Gasteiger partial charge on any atom is -0.477 e. The Kier molecular flexibility index (Phi) is 5.41. The first-order valence-corrected chi connectivity index (χ1v) is 10.5. The lowest BCUT2D eigenvalue weighted by molar-refractivity contribution is 0.285. The first-order valence-electron chi connectivity index (χ1n) is 10.5. The molecule has 30 heavy (non-hydrogen) atoms. The van der Waals surface area contributed by atoms with Gasteiger partial charge in [-0.15, -0.1) is 0 Å². The molecule has 156 valence electrons. The van der Waals surface area contributed by atoms with Crippen LogP contribution in [0.1, 0.15) is 55.0 Å². The average Bonchev–Trinajstić information content (AvgIpc) is 3.47. The zero-order chi connectivity index (χ0) is 21.4. The van der Waals surface area contributed by atoms with Crippen LogP contribution < -0.4 is 10.3 Å². The number of rotatable bonds is 6. The molecule has 2 atom stereocenters. The highest BCUT2D eigenvalue weighted by Crippen LogP contribution is 2.47. The Morgan fingerprint density at radius 2 is 1.87 bits per heavy atom. The molecule has 3 heterocycles. The van der Waals surface area contributed by atoms with E-state index >= 15 is 0 Å². The molecule has 3 aromatic heterocycles. The number of nitrogens with zero attached hydrogens (tertiary/aromatic N) is 4. The molecule has 1 saturated carbocycles. The Morgan fingerprint density at radius 3 is 2.57 bits per heavy atom. The molecule has 0 aliphatic heterocycles. The number of aromatic nitrogens is 4. The molecule has 6 nitrogen and oxygen atoms in total. The van der Waals surface area contributed by atoms with Crippen molar-refractivity contribution < 1.29 is 4.74 Å². The first-order chi connectivity index (χ1) is 14.3. The van der Waals surface area contributed by atoms with Crippen molar-refractivity contribution in [2.75, 3.05) is 6.61 Å². The van der Waals surface area contributed by atoms with Gasteiger partial charge in [-0.25, -0.2) is 4.98 Å². The molecule has 1 fully saturated rings. The number of hydrogen-bond donors (Lipinski definition) is 0. The van der Waals surface area contributed by atoms with Crippen LogP contribution in [0, 0.1) is 26.7 Å². The third-order valence-electron chi connectivity index (χ3n) is 5.73. The van der Waals surface area contributed by atoms with Gasteiger partial charge >= 0.3 is 0 Å². The topological polar surface area (TPSA) is 69.9 Å². The van der Waals surface area contributed by atoms with E-state index in [1.165, 1.54) is 5.56 Å². The molecule has 0 radical (unpaired) electrons. The van der Waals surface area contributed by atoms with E-state index in [0.717, 1.165) is 28.9 Å². The van der Waals surface area contributed by atoms with E-state index in [1.54, 1.807) is 16.8 Å². The lowest BCUT2D eigenvalue weighted by Crippen LogP contribution is -2.23. The quantitative estimate of drug-likeness (QED) is 0.609. The third-order valence-corrected chi connectivity index (χ3v) is 5.73. The van der Waals surface area contributed by atoms with Gasteiger partial charge in [-0.2, -0.15) is 4.98 Å². The summed E-state index contributed by atoms with van der Waals surface area (Å²) in [5.41, 5.74) is 4.93. The summed E-state index contributed by atoms with van der Waals surface area (Å²) < 4.78 is 7.98. The molecule has 3 aromatic rings. The molecule has 6 heteroatoms. The standard InChI is InChI=1S/C24H28N4O2/c1-14(2)28-16(4)19(7-9-23(28)29)21-12-25-17(5)27-24(21)30-13-18-10-20(18)22-8-6-15(3)11-26-22/h6-9,11-12,14,18,20H,10,13H2,1-5H3/t18?,20-/m1/s1. The zero-order valence-corrected chi connectivity index (χ0v) is 18.2. The van der Waals surface area contributed by atoms with Crippen molar-refractivity contribution in [2.45, 2.75) is 53.0 Å². The van der Waals surface area contributed by atoms with Crippen LogP contribution >= 0.6 is 0 Å². The molecule has 0 N–H and O–H groups in total. The predicted molar refractivity (Wildman–Crippen MR) is 117 cm³/mol. The van der Waals surface area contributed by atoms with Gasteiger partial charge in [0.15, 0.2) is 0 Å². The number of pyridine rings is 2. The fourth-order valence-corrected chi connectivity index (χ4v) is 4.00. The molecule has 1 unspecified atom stereocenters. The zero-order valence-electron chi connectivity index (χ0n) is 18.2. The third kappa shape index (κ3) is 3.99. The molecule has 0 saturated heterocycles. The Bertz CT molecular complexity index is 1120. The van der Waals surface area contributed by atoms with E-state index in [0.29, 0.717) is 30.1 Å². The summed E-state index contributed by atoms with van der Waals surface area (Å²) in [4.78, 5) is 25.8. The molecule has 4 rings (SSSR count). The van der Waals surface area contributed by atoms with Gasteiger partial charge in [-0.3, -0.25) is 9.78 Å². The van der Waals surface area contributed by atoms with E-state index in [4.69, 9.17) is 4.74 Å². The van der Waals surface area contributed by atoms with E-state index in [-0.39, 0.29) is 11.6 Å². The fraction of sp³-hybridized carbons (Fsp3) is 0.417. The Hall–Kier alpha value is -3.02. The van der Waals surface area contributed by atoms with Crippen molar-refractivity contribution in [2.24, 2.45) is 5.92 Å². The van der Waals surface area contributed by atoms with Crippen LogP contribution in [-0.4, -0.2) is 26.1 Å². The largest absolute Gasteiger partial charge is 0.477 e. The summed E-state index contributed by atoms with van der Waals surface area (Å²) in [5, 5.41) is 0. The minimum absolute atomic E-state index is 0.00633.